The predicted molar refractivity (Wildman–Crippen MR) is 180 cm³/mol. The van der Waals surface area contributed by atoms with Gasteiger partial charge < -0.3 is 23.8 Å². The number of hydrogen-bond donors (Lipinski definition) is 1. The summed E-state index contributed by atoms with van der Waals surface area (Å²) in [5, 5.41) is 3.80. The number of likely N-dealkylation sites (tertiary alicyclic amines) is 1. The molecule has 2 fully saturated rings. The number of fused-ring (bicyclic) bond motifs is 1. The molecule has 0 saturated carbocycles. The zero-order valence-electron chi connectivity index (χ0n) is 28.5. The van der Waals surface area contributed by atoms with E-state index in [1.165, 1.54) is 12.0 Å². The normalized spacial score (nSPS) is 17.7. The number of hydrogen-bond acceptors (Lipinski definition) is 7. The van der Waals surface area contributed by atoms with Gasteiger partial charge in [-0.2, -0.15) is 0 Å². The van der Waals surface area contributed by atoms with Crippen molar-refractivity contribution in [3.63, 3.8) is 0 Å². The number of methoxy groups -OCH3 is 1. The lowest BCUT2D eigenvalue weighted by Crippen LogP contribution is -2.52. The van der Waals surface area contributed by atoms with Crippen molar-refractivity contribution in [2.75, 3.05) is 66.3 Å². The van der Waals surface area contributed by atoms with Gasteiger partial charge in [0.1, 0.15) is 0 Å². The van der Waals surface area contributed by atoms with Crippen molar-refractivity contribution in [3.05, 3.63) is 53.1 Å². The summed E-state index contributed by atoms with van der Waals surface area (Å²) in [6.45, 7) is 10.9. The number of para-hydroxylation sites is 1. The van der Waals surface area contributed by atoms with Crippen LogP contribution < -0.4 is 14.8 Å². The van der Waals surface area contributed by atoms with E-state index in [0.717, 1.165) is 74.1 Å². The van der Waals surface area contributed by atoms with Crippen LogP contribution in [0, 0.1) is 0 Å². The fraction of sp³-hybridized carbons (Fsp3) is 0.514. The highest BCUT2D eigenvalue weighted by atomic mass is 16.6. The molecule has 2 aliphatic heterocycles. The number of rotatable bonds is 7. The number of ether oxygens (including phenoxy) is 2. The van der Waals surface area contributed by atoms with Gasteiger partial charge in [0.2, 0.25) is 11.8 Å². The second-order valence-electron chi connectivity index (χ2n) is 13.7. The molecule has 11 heteroatoms. The van der Waals surface area contributed by atoms with Crippen LogP contribution in [-0.2, 0) is 23.8 Å². The molecule has 2 aliphatic rings. The summed E-state index contributed by atoms with van der Waals surface area (Å²) in [7, 11) is 8.76. The number of amides is 3. The van der Waals surface area contributed by atoms with Crippen molar-refractivity contribution >= 4 is 34.5 Å². The maximum absolute atomic E-state index is 13.3. The Morgan fingerprint density at radius 2 is 1.72 bits per heavy atom. The molecular formula is C35H48N6O5. The molecule has 2 aromatic carbocycles. The summed E-state index contributed by atoms with van der Waals surface area (Å²) >= 11 is 0. The van der Waals surface area contributed by atoms with E-state index < -0.39 is 6.09 Å². The zero-order chi connectivity index (χ0) is 33.3. The molecule has 248 valence electrons. The van der Waals surface area contributed by atoms with Crippen LogP contribution >= 0.6 is 0 Å². The molecular weight excluding hydrogens is 584 g/mol. The SMILES string of the molecule is COc1c(NC(=O)Oc2cc3cccc(CN4CCN(C(=O)[C@@H]5CCCN5C)CC4)c3n2C)cc(C(C)(C)C)cc1C(=O)N(C)C. The van der Waals surface area contributed by atoms with E-state index in [1.54, 1.807) is 14.1 Å². The van der Waals surface area contributed by atoms with E-state index in [2.05, 4.69) is 21.2 Å². The van der Waals surface area contributed by atoms with E-state index >= 15 is 0 Å². The molecule has 0 aliphatic carbocycles. The zero-order valence-corrected chi connectivity index (χ0v) is 28.5. The smallest absolute Gasteiger partial charge is 0.418 e. The van der Waals surface area contributed by atoms with Crippen LogP contribution in [0.5, 0.6) is 11.6 Å². The molecule has 0 unspecified atom stereocenters. The maximum atomic E-state index is 13.3. The molecule has 3 heterocycles. The average Bonchev–Trinajstić information content (AvgIpc) is 3.58. The minimum absolute atomic E-state index is 0.0189. The Labute approximate surface area is 272 Å². The summed E-state index contributed by atoms with van der Waals surface area (Å²) < 4.78 is 13.4. The fourth-order valence-corrected chi connectivity index (χ4v) is 6.51. The Morgan fingerprint density at radius 1 is 1.00 bits per heavy atom. The van der Waals surface area contributed by atoms with Gasteiger partial charge in [-0.25, -0.2) is 4.79 Å². The topological polar surface area (TPSA) is 99.6 Å². The van der Waals surface area contributed by atoms with E-state index in [-0.39, 0.29) is 29.0 Å². The standard InChI is InChI=1S/C35H48N6O5/c1-35(2,3)25-20-26(32(42)37(4)5)31(45-8)27(21-25)36-34(44)46-29-19-23-11-9-12-24(30(23)39(29)7)22-40-15-17-41(18-16-40)33(43)28-13-10-14-38(28)6/h9,11-12,19-21,28H,10,13-18,22H2,1-8H3,(H,36,44)/t28-/m0/s1. The van der Waals surface area contributed by atoms with E-state index in [9.17, 15) is 14.4 Å². The highest BCUT2D eigenvalue weighted by Crippen LogP contribution is 2.36. The van der Waals surface area contributed by atoms with Gasteiger partial charge in [-0.3, -0.25) is 24.7 Å². The van der Waals surface area contributed by atoms with Gasteiger partial charge in [-0.05, 0) is 55.1 Å². The molecule has 11 nitrogen and oxygen atoms in total. The number of anilines is 1. The van der Waals surface area contributed by atoms with Crippen LogP contribution in [0.3, 0.4) is 0 Å². The fourth-order valence-electron chi connectivity index (χ4n) is 6.51. The van der Waals surface area contributed by atoms with Gasteiger partial charge in [-0.1, -0.05) is 39.0 Å². The van der Waals surface area contributed by atoms with Gasteiger partial charge in [0.25, 0.3) is 5.91 Å². The number of nitrogens with one attached hydrogen (secondary N) is 1. The number of nitrogens with zero attached hydrogens (tertiary/aromatic N) is 5. The van der Waals surface area contributed by atoms with E-state index in [4.69, 9.17) is 9.47 Å². The van der Waals surface area contributed by atoms with E-state index in [1.807, 2.05) is 74.7 Å². The molecule has 3 aromatic rings. The first kappa shape index (κ1) is 33.3. The quantitative estimate of drug-likeness (QED) is 0.409. The summed E-state index contributed by atoms with van der Waals surface area (Å²) in [6.07, 6.45) is 1.34. The minimum Gasteiger partial charge on any atom is -0.494 e. The van der Waals surface area contributed by atoms with Crippen molar-refractivity contribution in [2.24, 2.45) is 7.05 Å². The summed E-state index contributed by atoms with van der Waals surface area (Å²) in [4.78, 5) is 47.5. The third-order valence-corrected chi connectivity index (χ3v) is 9.21. The number of likely N-dealkylation sites (N-methyl/N-ethyl adjacent to an activating group) is 1. The van der Waals surface area contributed by atoms with Gasteiger partial charge in [0.05, 0.1) is 29.9 Å². The molecule has 3 amide bonds. The summed E-state index contributed by atoms with van der Waals surface area (Å²) in [5.74, 6) is 0.703. The minimum atomic E-state index is -0.686. The van der Waals surface area contributed by atoms with Gasteiger partial charge in [0, 0.05) is 65.3 Å². The van der Waals surface area contributed by atoms with Crippen LogP contribution in [0.2, 0.25) is 0 Å². The second kappa shape index (κ2) is 13.3. The Hall–Kier alpha value is -4.09. The Bertz CT molecular complexity index is 1620. The molecule has 1 aromatic heterocycles. The molecule has 0 spiro atoms. The lowest BCUT2D eigenvalue weighted by Gasteiger charge is -2.37. The molecule has 0 radical (unpaired) electrons. The first-order valence-corrected chi connectivity index (χ1v) is 16.0. The number of piperazine rings is 1. The molecule has 1 N–H and O–H groups in total. The second-order valence-corrected chi connectivity index (χ2v) is 13.7. The van der Waals surface area contributed by atoms with Gasteiger partial charge in [-0.15, -0.1) is 0 Å². The van der Waals surface area contributed by atoms with Crippen molar-refractivity contribution in [2.45, 2.75) is 51.6 Å². The monoisotopic (exact) mass is 632 g/mol. The number of carbonyl (C=O) groups excluding carboxylic acids is 3. The molecule has 5 rings (SSSR count). The third-order valence-electron chi connectivity index (χ3n) is 9.21. The Balaban J connectivity index is 1.31. The largest absolute Gasteiger partial charge is 0.494 e. The van der Waals surface area contributed by atoms with Crippen molar-refractivity contribution in [3.8, 4) is 11.6 Å². The average molecular weight is 633 g/mol. The van der Waals surface area contributed by atoms with Gasteiger partial charge >= 0.3 is 6.09 Å². The first-order chi connectivity index (χ1) is 21.8. The molecule has 0 bridgehead atoms. The third kappa shape index (κ3) is 6.85. The molecule has 1 atom stereocenters. The highest BCUT2D eigenvalue weighted by molar-refractivity contribution is 6.01. The first-order valence-electron chi connectivity index (χ1n) is 16.0. The van der Waals surface area contributed by atoms with E-state index in [0.29, 0.717) is 17.1 Å². The Kier molecular flexibility index (Phi) is 9.65. The summed E-state index contributed by atoms with van der Waals surface area (Å²) in [6, 6.07) is 11.6. The van der Waals surface area contributed by atoms with Crippen LogP contribution in [-0.4, -0.2) is 109 Å². The van der Waals surface area contributed by atoms with Crippen molar-refractivity contribution < 1.29 is 23.9 Å². The number of aryl methyl sites for hydroxylation is 1. The number of benzene rings is 2. The van der Waals surface area contributed by atoms with Crippen LogP contribution in [0.25, 0.3) is 10.9 Å². The maximum Gasteiger partial charge on any atom is 0.418 e. The molecule has 46 heavy (non-hydrogen) atoms. The van der Waals surface area contributed by atoms with Crippen molar-refractivity contribution in [1.82, 2.24) is 24.2 Å². The van der Waals surface area contributed by atoms with Gasteiger partial charge in [0.15, 0.2) is 5.75 Å². The summed E-state index contributed by atoms with van der Waals surface area (Å²) in [5.41, 5.74) is 3.43. The van der Waals surface area contributed by atoms with Crippen molar-refractivity contribution in [1.29, 1.82) is 0 Å². The van der Waals surface area contributed by atoms with Crippen LogP contribution in [0.15, 0.2) is 36.4 Å². The van der Waals surface area contributed by atoms with Crippen LogP contribution in [0.4, 0.5) is 10.5 Å². The predicted octanol–water partition coefficient (Wildman–Crippen LogP) is 4.54. The lowest BCUT2D eigenvalue weighted by molar-refractivity contribution is -0.137. The lowest BCUT2D eigenvalue weighted by atomic mass is 9.85. The highest BCUT2D eigenvalue weighted by Gasteiger charge is 2.33. The number of aromatic nitrogens is 1. The number of carbonyl (C=O) groups is 3. The Morgan fingerprint density at radius 3 is 2.33 bits per heavy atom. The molecule has 2 saturated heterocycles. The van der Waals surface area contributed by atoms with Crippen LogP contribution in [0.1, 0.15) is 55.1 Å².